The lowest BCUT2D eigenvalue weighted by molar-refractivity contribution is -0.137. The molecule has 0 unspecified atom stereocenters. The van der Waals surface area contributed by atoms with E-state index in [0.29, 0.717) is 22.9 Å². The summed E-state index contributed by atoms with van der Waals surface area (Å²) >= 11 is 5.96. The molecule has 5 heteroatoms. The molecule has 0 fully saturated rings. The quantitative estimate of drug-likeness (QED) is 0.444. The molecule has 0 N–H and O–H groups in total. The van der Waals surface area contributed by atoms with E-state index < -0.39 is 5.97 Å². The van der Waals surface area contributed by atoms with Gasteiger partial charge in [0, 0.05) is 10.6 Å². The fourth-order valence-corrected chi connectivity index (χ4v) is 2.23. The minimum atomic E-state index is -0.648. The molecule has 0 spiro atoms. The van der Waals surface area contributed by atoms with E-state index >= 15 is 0 Å². The third-order valence-corrected chi connectivity index (χ3v) is 3.35. The molecule has 0 aliphatic rings. The molecule has 2 aromatic carbocycles. The molecular weight excluding hydrogens is 326 g/mol. The lowest BCUT2D eigenvalue weighted by atomic mass is 10.1. The number of benzene rings is 2. The molecule has 122 valence electrons. The number of hydrogen-bond donors (Lipinski definition) is 0. The van der Waals surface area contributed by atoms with Gasteiger partial charge in [-0.25, -0.2) is 4.79 Å². The second-order valence-corrected chi connectivity index (χ2v) is 5.28. The van der Waals surface area contributed by atoms with Gasteiger partial charge in [0.15, 0.2) is 0 Å². The number of carbonyl (C=O) groups is 1. The molecule has 0 amide bonds. The van der Waals surface area contributed by atoms with Crippen LogP contribution in [-0.2, 0) is 16.1 Å². The molecule has 0 aliphatic heterocycles. The maximum Gasteiger partial charge on any atom is 0.348 e. The minimum absolute atomic E-state index is 0.0735. The Balaban J connectivity index is 2.21. The van der Waals surface area contributed by atoms with Crippen molar-refractivity contribution in [3.05, 3.63) is 70.3 Å². The fraction of sp³-hybridized carbons (Fsp3) is 0.158. The summed E-state index contributed by atoms with van der Waals surface area (Å²) in [5.74, 6) is -0.0841. The zero-order chi connectivity index (χ0) is 17.4. The number of ether oxygens (including phenoxy) is 2. The number of halogens is 1. The molecule has 0 heterocycles. The molecule has 0 aliphatic carbocycles. The van der Waals surface area contributed by atoms with Crippen molar-refractivity contribution >= 4 is 23.6 Å². The van der Waals surface area contributed by atoms with Crippen molar-refractivity contribution in [2.24, 2.45) is 0 Å². The highest BCUT2D eigenvalue weighted by Gasteiger charge is 2.11. The van der Waals surface area contributed by atoms with Crippen LogP contribution in [0.3, 0.4) is 0 Å². The molecule has 0 saturated heterocycles. The van der Waals surface area contributed by atoms with Crippen LogP contribution in [0.1, 0.15) is 18.1 Å². The third-order valence-electron chi connectivity index (χ3n) is 3.12. The summed E-state index contributed by atoms with van der Waals surface area (Å²) < 4.78 is 10.7. The Kier molecular flexibility index (Phi) is 6.41. The summed E-state index contributed by atoms with van der Waals surface area (Å²) in [4.78, 5) is 11.7. The molecule has 0 radical (unpaired) electrons. The number of para-hydroxylation sites is 1. The summed E-state index contributed by atoms with van der Waals surface area (Å²) in [6.07, 6.45) is 1.46. The molecule has 2 rings (SSSR count). The van der Waals surface area contributed by atoms with Gasteiger partial charge >= 0.3 is 5.97 Å². The van der Waals surface area contributed by atoms with E-state index in [-0.39, 0.29) is 12.2 Å². The predicted octanol–water partition coefficient (Wildman–Crippen LogP) is 4.39. The van der Waals surface area contributed by atoms with E-state index in [1.165, 1.54) is 6.08 Å². The highest BCUT2D eigenvalue weighted by atomic mass is 35.5. The summed E-state index contributed by atoms with van der Waals surface area (Å²) in [5.41, 5.74) is 1.48. The Hall–Kier alpha value is -2.77. The van der Waals surface area contributed by atoms with E-state index in [1.807, 2.05) is 30.3 Å². The van der Waals surface area contributed by atoms with Crippen LogP contribution in [0, 0.1) is 11.3 Å². The van der Waals surface area contributed by atoms with E-state index in [4.69, 9.17) is 26.3 Å². The van der Waals surface area contributed by atoms with Gasteiger partial charge in [-0.05, 0) is 36.8 Å². The Bertz CT molecular complexity index is 793. The zero-order valence-corrected chi connectivity index (χ0v) is 13.9. The van der Waals surface area contributed by atoms with Crippen LogP contribution in [0.15, 0.2) is 54.1 Å². The van der Waals surface area contributed by atoms with Crippen molar-refractivity contribution in [2.45, 2.75) is 13.5 Å². The SMILES string of the molecule is CCOC(=O)/C(C#N)=C/c1ccccc1OCc1cccc(Cl)c1. The fourth-order valence-electron chi connectivity index (χ4n) is 2.02. The smallest absolute Gasteiger partial charge is 0.348 e. The normalized spacial score (nSPS) is 10.8. The number of esters is 1. The average molecular weight is 342 g/mol. The predicted molar refractivity (Wildman–Crippen MR) is 92.4 cm³/mol. The molecule has 0 bridgehead atoms. The van der Waals surface area contributed by atoms with E-state index in [1.54, 1.807) is 31.2 Å². The van der Waals surface area contributed by atoms with Crippen LogP contribution >= 0.6 is 11.6 Å². The zero-order valence-electron chi connectivity index (χ0n) is 13.2. The van der Waals surface area contributed by atoms with Gasteiger partial charge in [0.05, 0.1) is 6.61 Å². The minimum Gasteiger partial charge on any atom is -0.488 e. The van der Waals surface area contributed by atoms with Gasteiger partial charge in [0.1, 0.15) is 24.0 Å². The number of hydrogen-bond acceptors (Lipinski definition) is 4. The molecular formula is C19H16ClNO3. The third kappa shape index (κ3) is 4.87. The first-order valence-corrected chi connectivity index (χ1v) is 7.77. The Morgan fingerprint density at radius 1 is 1.25 bits per heavy atom. The number of rotatable bonds is 6. The van der Waals surface area contributed by atoms with E-state index in [2.05, 4.69) is 0 Å². The van der Waals surface area contributed by atoms with E-state index in [0.717, 1.165) is 5.56 Å². The highest BCUT2D eigenvalue weighted by Crippen LogP contribution is 2.23. The Morgan fingerprint density at radius 2 is 2.04 bits per heavy atom. The van der Waals surface area contributed by atoms with Crippen molar-refractivity contribution in [3.63, 3.8) is 0 Å². The van der Waals surface area contributed by atoms with Gasteiger partial charge in [-0.3, -0.25) is 0 Å². The van der Waals surface area contributed by atoms with Crippen LogP contribution in [-0.4, -0.2) is 12.6 Å². The number of nitriles is 1. The van der Waals surface area contributed by atoms with Crippen molar-refractivity contribution in [3.8, 4) is 11.8 Å². The van der Waals surface area contributed by atoms with Gasteiger partial charge < -0.3 is 9.47 Å². The summed E-state index contributed by atoms with van der Waals surface area (Å²) in [7, 11) is 0. The lowest BCUT2D eigenvalue weighted by Crippen LogP contribution is -2.06. The second kappa shape index (κ2) is 8.76. The molecule has 0 atom stereocenters. The van der Waals surface area contributed by atoms with Crippen LogP contribution in [0.25, 0.3) is 6.08 Å². The van der Waals surface area contributed by atoms with Gasteiger partial charge in [0.2, 0.25) is 0 Å². The van der Waals surface area contributed by atoms with Crippen molar-refractivity contribution in [1.82, 2.24) is 0 Å². The van der Waals surface area contributed by atoms with Gasteiger partial charge in [0.25, 0.3) is 0 Å². The summed E-state index contributed by atoms with van der Waals surface area (Å²) in [6, 6.07) is 16.4. The molecule has 24 heavy (non-hydrogen) atoms. The summed E-state index contributed by atoms with van der Waals surface area (Å²) in [5, 5.41) is 9.78. The van der Waals surface area contributed by atoms with Crippen molar-refractivity contribution < 1.29 is 14.3 Å². The van der Waals surface area contributed by atoms with Crippen molar-refractivity contribution in [1.29, 1.82) is 5.26 Å². The van der Waals surface area contributed by atoms with Gasteiger partial charge in [-0.1, -0.05) is 41.9 Å². The summed E-state index contributed by atoms with van der Waals surface area (Å²) in [6.45, 7) is 2.23. The first-order valence-electron chi connectivity index (χ1n) is 7.39. The standard InChI is InChI=1S/C19H16ClNO3/c1-2-23-19(22)16(12-21)11-15-7-3-4-9-18(15)24-13-14-6-5-8-17(20)10-14/h3-11H,2,13H2,1H3/b16-11+. The Labute approximate surface area is 145 Å². The molecule has 4 nitrogen and oxygen atoms in total. The maximum absolute atomic E-state index is 11.7. The average Bonchev–Trinajstić information content (AvgIpc) is 2.59. The van der Waals surface area contributed by atoms with Crippen molar-refractivity contribution in [2.75, 3.05) is 6.61 Å². The largest absolute Gasteiger partial charge is 0.488 e. The van der Waals surface area contributed by atoms with Crippen LogP contribution in [0.5, 0.6) is 5.75 Å². The molecule has 0 saturated carbocycles. The van der Waals surface area contributed by atoms with Crippen LogP contribution in [0.4, 0.5) is 0 Å². The van der Waals surface area contributed by atoms with E-state index in [9.17, 15) is 4.79 Å². The van der Waals surface area contributed by atoms with Gasteiger partial charge in [-0.2, -0.15) is 5.26 Å². The van der Waals surface area contributed by atoms with Crippen LogP contribution in [0.2, 0.25) is 5.02 Å². The molecule has 0 aromatic heterocycles. The maximum atomic E-state index is 11.7. The first kappa shape index (κ1) is 17.6. The first-order chi connectivity index (χ1) is 11.6. The lowest BCUT2D eigenvalue weighted by Gasteiger charge is -2.10. The van der Waals surface area contributed by atoms with Crippen LogP contribution < -0.4 is 4.74 Å². The Morgan fingerprint density at radius 3 is 2.75 bits per heavy atom. The number of nitrogens with zero attached hydrogens (tertiary/aromatic N) is 1. The monoisotopic (exact) mass is 341 g/mol. The second-order valence-electron chi connectivity index (χ2n) is 4.85. The number of carbonyl (C=O) groups excluding carboxylic acids is 1. The highest BCUT2D eigenvalue weighted by molar-refractivity contribution is 6.30. The molecule has 2 aromatic rings. The topological polar surface area (TPSA) is 59.3 Å². The van der Waals surface area contributed by atoms with Gasteiger partial charge in [-0.15, -0.1) is 0 Å².